The van der Waals surface area contributed by atoms with Crippen molar-refractivity contribution in [2.24, 2.45) is 0 Å². The summed E-state index contributed by atoms with van der Waals surface area (Å²) in [6.07, 6.45) is 0. The highest BCUT2D eigenvalue weighted by atomic mass is 32.1. The van der Waals surface area contributed by atoms with Gasteiger partial charge in [0.2, 0.25) is 0 Å². The Balaban J connectivity index is 1.81. The summed E-state index contributed by atoms with van der Waals surface area (Å²) < 4.78 is 5.40. The lowest BCUT2D eigenvalue weighted by Crippen LogP contribution is -2.37. The van der Waals surface area contributed by atoms with Crippen LogP contribution in [0.25, 0.3) is 0 Å². The molecule has 0 radical (unpaired) electrons. The number of ketones is 1. The van der Waals surface area contributed by atoms with E-state index in [0.29, 0.717) is 17.0 Å². The highest BCUT2D eigenvalue weighted by Crippen LogP contribution is 2.12. The zero-order valence-corrected chi connectivity index (χ0v) is 14.3. The molecule has 0 atom stereocenters. The number of amides is 1. The van der Waals surface area contributed by atoms with E-state index in [2.05, 4.69) is 10.6 Å². The zero-order valence-electron chi connectivity index (χ0n) is 13.5. The Hall–Kier alpha value is -2.73. The van der Waals surface area contributed by atoms with Crippen molar-refractivity contribution in [3.63, 3.8) is 0 Å². The molecule has 0 heterocycles. The topological polar surface area (TPSA) is 67.4 Å². The molecule has 2 aromatic rings. The molecule has 0 saturated heterocycles. The van der Waals surface area contributed by atoms with Crippen LogP contribution in [0.15, 0.2) is 48.5 Å². The fourth-order valence-electron chi connectivity index (χ4n) is 1.97. The van der Waals surface area contributed by atoms with Crippen molar-refractivity contribution >= 4 is 34.7 Å². The van der Waals surface area contributed by atoms with Gasteiger partial charge in [0.1, 0.15) is 5.75 Å². The van der Waals surface area contributed by atoms with E-state index >= 15 is 0 Å². The summed E-state index contributed by atoms with van der Waals surface area (Å²) in [5.74, 6) is 0.268. The van der Waals surface area contributed by atoms with Gasteiger partial charge >= 0.3 is 0 Å². The zero-order chi connectivity index (χ0) is 17.5. The Morgan fingerprint density at radius 1 is 1.12 bits per heavy atom. The number of rotatable bonds is 5. The van der Waals surface area contributed by atoms with Gasteiger partial charge in [0.05, 0.1) is 0 Å². The number of thiocarbonyl (C=S) groups is 1. The molecule has 5 nitrogen and oxygen atoms in total. The number of carbonyl (C=O) groups is 2. The number of anilines is 1. The second kappa shape index (κ2) is 8.21. The Morgan fingerprint density at radius 3 is 2.46 bits per heavy atom. The van der Waals surface area contributed by atoms with E-state index in [1.807, 2.05) is 25.1 Å². The first-order valence-corrected chi connectivity index (χ1v) is 7.76. The van der Waals surface area contributed by atoms with Gasteiger partial charge in [0.15, 0.2) is 17.5 Å². The predicted octanol–water partition coefficient (Wildman–Crippen LogP) is 3.09. The van der Waals surface area contributed by atoms with Crippen molar-refractivity contribution in [3.8, 4) is 5.75 Å². The van der Waals surface area contributed by atoms with Crippen LogP contribution in [0, 0.1) is 6.92 Å². The van der Waals surface area contributed by atoms with E-state index in [1.165, 1.54) is 6.92 Å². The lowest BCUT2D eigenvalue weighted by atomic mass is 10.1. The molecule has 124 valence electrons. The van der Waals surface area contributed by atoms with Gasteiger partial charge in [-0.2, -0.15) is 0 Å². The molecule has 0 fully saturated rings. The Kier molecular flexibility index (Phi) is 6.03. The number of nitrogens with one attached hydrogen (secondary N) is 2. The second-order valence-electron chi connectivity index (χ2n) is 5.24. The van der Waals surface area contributed by atoms with E-state index < -0.39 is 0 Å². The van der Waals surface area contributed by atoms with Gasteiger partial charge in [-0.15, -0.1) is 0 Å². The molecule has 0 aromatic heterocycles. The highest BCUT2D eigenvalue weighted by Gasteiger charge is 2.07. The first kappa shape index (κ1) is 17.6. The van der Waals surface area contributed by atoms with Gasteiger partial charge in [-0.1, -0.05) is 12.1 Å². The van der Waals surface area contributed by atoms with Crippen LogP contribution in [-0.2, 0) is 4.79 Å². The minimum Gasteiger partial charge on any atom is -0.484 e. The maximum absolute atomic E-state index is 11.8. The molecule has 0 spiro atoms. The lowest BCUT2D eigenvalue weighted by molar-refractivity contribution is -0.121. The van der Waals surface area contributed by atoms with Crippen LogP contribution in [0.2, 0.25) is 0 Å². The first-order chi connectivity index (χ1) is 11.4. The molecule has 0 saturated carbocycles. The van der Waals surface area contributed by atoms with Crippen molar-refractivity contribution in [1.29, 1.82) is 0 Å². The third-order valence-corrected chi connectivity index (χ3v) is 3.37. The van der Waals surface area contributed by atoms with Crippen LogP contribution in [0.3, 0.4) is 0 Å². The summed E-state index contributed by atoms with van der Waals surface area (Å²) in [4.78, 5) is 23.1. The molecule has 0 aliphatic carbocycles. The van der Waals surface area contributed by atoms with E-state index in [-0.39, 0.29) is 23.4 Å². The summed E-state index contributed by atoms with van der Waals surface area (Å²) in [5, 5.41) is 5.59. The molecule has 6 heteroatoms. The molecule has 2 N–H and O–H groups in total. The summed E-state index contributed by atoms with van der Waals surface area (Å²) in [7, 11) is 0. The van der Waals surface area contributed by atoms with E-state index in [9.17, 15) is 9.59 Å². The van der Waals surface area contributed by atoms with Gasteiger partial charge in [-0.05, 0) is 68.0 Å². The van der Waals surface area contributed by atoms with E-state index in [0.717, 1.165) is 5.56 Å². The number of hydrogen-bond acceptors (Lipinski definition) is 4. The molecule has 2 aromatic carbocycles. The Bertz CT molecular complexity index is 757. The third-order valence-electron chi connectivity index (χ3n) is 3.16. The van der Waals surface area contributed by atoms with Crippen molar-refractivity contribution in [2.45, 2.75) is 13.8 Å². The standard InChI is InChI=1S/C18H18N2O3S/c1-12-4-3-5-16(10-12)23-11-17(22)20-18(24)19-15-8-6-14(7-9-15)13(2)21/h3-10H,11H2,1-2H3,(H2,19,20,22,24). The molecule has 24 heavy (non-hydrogen) atoms. The van der Waals surface area contributed by atoms with Crippen LogP contribution in [-0.4, -0.2) is 23.4 Å². The first-order valence-electron chi connectivity index (χ1n) is 7.35. The Morgan fingerprint density at radius 2 is 1.83 bits per heavy atom. The molecule has 0 unspecified atom stereocenters. The smallest absolute Gasteiger partial charge is 0.264 e. The number of Topliss-reactive ketones (excluding diaryl/α,β-unsaturated/α-hetero) is 1. The Labute approximate surface area is 146 Å². The quantitative estimate of drug-likeness (QED) is 0.646. The van der Waals surface area contributed by atoms with E-state index in [4.69, 9.17) is 17.0 Å². The number of aryl methyl sites for hydroxylation is 1. The SMILES string of the molecule is CC(=O)c1ccc(NC(=S)NC(=O)COc2cccc(C)c2)cc1. The molecule has 0 aliphatic rings. The number of carbonyl (C=O) groups excluding carboxylic acids is 2. The van der Waals surface area contributed by atoms with Crippen molar-refractivity contribution in [2.75, 3.05) is 11.9 Å². The van der Waals surface area contributed by atoms with Crippen molar-refractivity contribution in [3.05, 3.63) is 59.7 Å². The average molecular weight is 342 g/mol. The summed E-state index contributed by atoms with van der Waals surface area (Å²) in [6, 6.07) is 14.3. The molecule has 0 bridgehead atoms. The van der Waals surface area contributed by atoms with Crippen LogP contribution in [0.4, 0.5) is 5.69 Å². The molecular weight excluding hydrogens is 324 g/mol. The van der Waals surface area contributed by atoms with Crippen LogP contribution < -0.4 is 15.4 Å². The minimum absolute atomic E-state index is 0.00859. The van der Waals surface area contributed by atoms with Crippen molar-refractivity contribution < 1.29 is 14.3 Å². The normalized spacial score (nSPS) is 9.92. The fraction of sp³-hybridized carbons (Fsp3) is 0.167. The maximum Gasteiger partial charge on any atom is 0.264 e. The van der Waals surface area contributed by atoms with Gasteiger partial charge in [0.25, 0.3) is 5.91 Å². The lowest BCUT2D eigenvalue weighted by Gasteiger charge is -2.11. The number of hydrogen-bond donors (Lipinski definition) is 2. The molecule has 2 rings (SSSR count). The maximum atomic E-state index is 11.8. The van der Waals surface area contributed by atoms with Gasteiger partial charge < -0.3 is 10.1 Å². The minimum atomic E-state index is -0.352. The molecule has 1 amide bonds. The number of benzene rings is 2. The summed E-state index contributed by atoms with van der Waals surface area (Å²) >= 11 is 5.08. The second-order valence-corrected chi connectivity index (χ2v) is 5.65. The van der Waals surface area contributed by atoms with Gasteiger partial charge in [-0.25, -0.2) is 0 Å². The highest BCUT2D eigenvalue weighted by molar-refractivity contribution is 7.80. The fourth-order valence-corrected chi connectivity index (χ4v) is 2.20. The molecule has 0 aliphatic heterocycles. The average Bonchev–Trinajstić information content (AvgIpc) is 2.53. The van der Waals surface area contributed by atoms with Crippen LogP contribution in [0.1, 0.15) is 22.8 Å². The van der Waals surface area contributed by atoms with Crippen molar-refractivity contribution in [1.82, 2.24) is 5.32 Å². The largest absolute Gasteiger partial charge is 0.484 e. The van der Waals surface area contributed by atoms with Crippen LogP contribution in [0.5, 0.6) is 5.75 Å². The summed E-state index contributed by atoms with van der Waals surface area (Å²) in [5.41, 5.74) is 2.35. The number of ether oxygens (including phenoxy) is 1. The molecular formula is C18H18N2O3S. The van der Waals surface area contributed by atoms with E-state index in [1.54, 1.807) is 30.3 Å². The van der Waals surface area contributed by atoms with Gasteiger partial charge in [-0.3, -0.25) is 14.9 Å². The predicted molar refractivity (Wildman–Crippen MR) is 97.5 cm³/mol. The monoisotopic (exact) mass is 342 g/mol. The third kappa shape index (κ3) is 5.48. The summed E-state index contributed by atoms with van der Waals surface area (Å²) in [6.45, 7) is 3.32. The van der Waals surface area contributed by atoms with Gasteiger partial charge in [0, 0.05) is 11.3 Å². The van der Waals surface area contributed by atoms with Crippen LogP contribution >= 0.6 is 12.2 Å².